The summed E-state index contributed by atoms with van der Waals surface area (Å²) in [5.41, 5.74) is 8.45. The van der Waals surface area contributed by atoms with Gasteiger partial charge in [-0.25, -0.2) is 0 Å². The molecule has 1 saturated heterocycles. The summed E-state index contributed by atoms with van der Waals surface area (Å²) in [6.07, 6.45) is 3.80. The van der Waals surface area contributed by atoms with Gasteiger partial charge < -0.3 is 10.6 Å². The second-order valence-corrected chi connectivity index (χ2v) is 4.86. The number of aryl methyl sites for hydroxylation is 1. The first-order valence-electron chi connectivity index (χ1n) is 6.31. The molecule has 1 heterocycles. The van der Waals surface area contributed by atoms with Crippen molar-refractivity contribution in [3.63, 3.8) is 0 Å². The molecule has 1 atom stereocenters. The molecule has 1 aliphatic rings. The number of rotatable bonds is 2. The molecule has 0 aromatic heterocycles. The summed E-state index contributed by atoms with van der Waals surface area (Å²) in [5, 5.41) is 0. The molecule has 1 fully saturated rings. The van der Waals surface area contributed by atoms with Crippen molar-refractivity contribution in [2.45, 2.75) is 26.2 Å². The third kappa shape index (κ3) is 2.76. The first kappa shape index (κ1) is 11.5. The van der Waals surface area contributed by atoms with Crippen LogP contribution in [0.2, 0.25) is 0 Å². The highest BCUT2D eigenvalue weighted by atomic mass is 15.1. The van der Waals surface area contributed by atoms with Crippen LogP contribution in [-0.2, 0) is 0 Å². The van der Waals surface area contributed by atoms with Gasteiger partial charge in [-0.15, -0.1) is 0 Å². The average Bonchev–Trinajstić information content (AvgIpc) is 2.55. The zero-order valence-corrected chi connectivity index (χ0v) is 10.2. The Morgan fingerprint density at radius 1 is 1.19 bits per heavy atom. The van der Waals surface area contributed by atoms with Crippen molar-refractivity contribution in [3.8, 4) is 0 Å². The van der Waals surface area contributed by atoms with E-state index in [4.69, 9.17) is 5.73 Å². The molecule has 0 spiro atoms. The Balaban J connectivity index is 2.02. The highest BCUT2D eigenvalue weighted by Gasteiger charge is 2.15. The Morgan fingerprint density at radius 2 is 1.94 bits per heavy atom. The third-order valence-corrected chi connectivity index (χ3v) is 3.58. The molecule has 2 N–H and O–H groups in total. The van der Waals surface area contributed by atoms with E-state index in [0.717, 1.165) is 19.0 Å². The van der Waals surface area contributed by atoms with Gasteiger partial charge >= 0.3 is 0 Å². The molecule has 1 unspecified atom stereocenters. The van der Waals surface area contributed by atoms with Crippen LogP contribution < -0.4 is 10.6 Å². The van der Waals surface area contributed by atoms with Crippen molar-refractivity contribution < 1.29 is 0 Å². The van der Waals surface area contributed by atoms with E-state index in [1.54, 1.807) is 0 Å². The van der Waals surface area contributed by atoms with Crippen LogP contribution in [0.5, 0.6) is 0 Å². The normalized spacial score (nSPS) is 21.9. The van der Waals surface area contributed by atoms with Gasteiger partial charge in [-0.1, -0.05) is 17.7 Å². The Morgan fingerprint density at radius 3 is 2.62 bits per heavy atom. The molecular formula is C14H22N2. The van der Waals surface area contributed by atoms with E-state index in [1.807, 2.05) is 0 Å². The predicted octanol–water partition coefficient (Wildman–Crippen LogP) is 2.56. The highest BCUT2D eigenvalue weighted by molar-refractivity contribution is 5.47. The number of anilines is 1. The highest BCUT2D eigenvalue weighted by Crippen LogP contribution is 2.22. The van der Waals surface area contributed by atoms with Crippen LogP contribution in [-0.4, -0.2) is 19.6 Å². The number of hydrogen-bond donors (Lipinski definition) is 1. The van der Waals surface area contributed by atoms with E-state index >= 15 is 0 Å². The molecule has 0 amide bonds. The lowest BCUT2D eigenvalue weighted by Gasteiger charge is -2.23. The third-order valence-electron chi connectivity index (χ3n) is 3.58. The van der Waals surface area contributed by atoms with E-state index in [1.165, 1.54) is 37.1 Å². The fraction of sp³-hybridized carbons (Fsp3) is 0.571. The zero-order chi connectivity index (χ0) is 11.4. The summed E-state index contributed by atoms with van der Waals surface area (Å²) in [4.78, 5) is 2.50. The minimum atomic E-state index is 0.732. The van der Waals surface area contributed by atoms with Crippen LogP contribution in [0.4, 0.5) is 5.69 Å². The lowest BCUT2D eigenvalue weighted by atomic mass is 10.0. The van der Waals surface area contributed by atoms with Gasteiger partial charge in [0.25, 0.3) is 0 Å². The van der Waals surface area contributed by atoms with Crippen LogP contribution in [0, 0.1) is 12.8 Å². The molecule has 1 aliphatic heterocycles. The fourth-order valence-corrected chi connectivity index (χ4v) is 2.41. The molecule has 0 radical (unpaired) electrons. The zero-order valence-electron chi connectivity index (χ0n) is 10.2. The molecule has 1 aromatic rings. The van der Waals surface area contributed by atoms with E-state index in [9.17, 15) is 0 Å². The van der Waals surface area contributed by atoms with Crippen molar-refractivity contribution >= 4 is 5.69 Å². The minimum absolute atomic E-state index is 0.732. The molecule has 0 aliphatic carbocycles. The first-order chi connectivity index (χ1) is 7.79. The summed E-state index contributed by atoms with van der Waals surface area (Å²) < 4.78 is 0. The molecule has 0 bridgehead atoms. The standard InChI is InChI=1S/C14H22N2/c1-12-4-6-14(7-5-12)16-9-2-3-13(11-15)8-10-16/h4-7,13H,2-3,8-11,15H2,1H3. The van der Waals surface area contributed by atoms with Gasteiger partial charge in [0.1, 0.15) is 0 Å². The minimum Gasteiger partial charge on any atom is -0.372 e. The van der Waals surface area contributed by atoms with E-state index < -0.39 is 0 Å². The van der Waals surface area contributed by atoms with Crippen molar-refractivity contribution in [2.75, 3.05) is 24.5 Å². The number of nitrogens with two attached hydrogens (primary N) is 1. The van der Waals surface area contributed by atoms with Crippen molar-refractivity contribution in [1.29, 1.82) is 0 Å². The maximum absolute atomic E-state index is 5.76. The summed E-state index contributed by atoms with van der Waals surface area (Å²) in [6, 6.07) is 8.86. The van der Waals surface area contributed by atoms with Gasteiger partial charge in [-0.3, -0.25) is 0 Å². The first-order valence-corrected chi connectivity index (χ1v) is 6.31. The van der Waals surface area contributed by atoms with Crippen LogP contribution in [0.1, 0.15) is 24.8 Å². The number of hydrogen-bond acceptors (Lipinski definition) is 2. The average molecular weight is 218 g/mol. The summed E-state index contributed by atoms with van der Waals surface area (Å²) in [7, 11) is 0. The van der Waals surface area contributed by atoms with Gasteiger partial charge in [0.15, 0.2) is 0 Å². The number of nitrogens with zero attached hydrogens (tertiary/aromatic N) is 1. The summed E-state index contributed by atoms with van der Waals surface area (Å²) in [6.45, 7) is 5.32. The Labute approximate surface area is 98.4 Å². The Hall–Kier alpha value is -1.02. The number of benzene rings is 1. The molecular weight excluding hydrogens is 196 g/mol. The molecule has 1 aromatic carbocycles. The molecule has 2 heteroatoms. The summed E-state index contributed by atoms with van der Waals surface area (Å²) in [5.74, 6) is 0.732. The van der Waals surface area contributed by atoms with Crippen LogP contribution in [0.3, 0.4) is 0 Å². The quantitative estimate of drug-likeness (QED) is 0.826. The lowest BCUT2D eigenvalue weighted by Crippen LogP contribution is -2.24. The van der Waals surface area contributed by atoms with E-state index in [2.05, 4.69) is 36.1 Å². The van der Waals surface area contributed by atoms with Gasteiger partial charge in [0.05, 0.1) is 0 Å². The van der Waals surface area contributed by atoms with Crippen LogP contribution >= 0.6 is 0 Å². The van der Waals surface area contributed by atoms with Crippen molar-refractivity contribution in [2.24, 2.45) is 11.7 Å². The van der Waals surface area contributed by atoms with Crippen molar-refractivity contribution in [3.05, 3.63) is 29.8 Å². The lowest BCUT2D eigenvalue weighted by molar-refractivity contribution is 0.485. The maximum Gasteiger partial charge on any atom is 0.0366 e. The summed E-state index contributed by atoms with van der Waals surface area (Å²) >= 11 is 0. The molecule has 0 saturated carbocycles. The van der Waals surface area contributed by atoms with Crippen molar-refractivity contribution in [1.82, 2.24) is 0 Å². The molecule has 88 valence electrons. The fourth-order valence-electron chi connectivity index (χ4n) is 2.41. The van der Waals surface area contributed by atoms with Crippen LogP contribution in [0.15, 0.2) is 24.3 Å². The van der Waals surface area contributed by atoms with E-state index in [0.29, 0.717) is 0 Å². The maximum atomic E-state index is 5.76. The molecule has 2 rings (SSSR count). The van der Waals surface area contributed by atoms with Gasteiger partial charge in [-0.05, 0) is 50.8 Å². The smallest absolute Gasteiger partial charge is 0.0366 e. The van der Waals surface area contributed by atoms with Crippen LogP contribution in [0.25, 0.3) is 0 Å². The molecule has 2 nitrogen and oxygen atoms in total. The topological polar surface area (TPSA) is 29.3 Å². The van der Waals surface area contributed by atoms with Gasteiger partial charge in [0.2, 0.25) is 0 Å². The predicted molar refractivity (Wildman–Crippen MR) is 69.8 cm³/mol. The monoisotopic (exact) mass is 218 g/mol. The second kappa shape index (κ2) is 5.35. The van der Waals surface area contributed by atoms with E-state index in [-0.39, 0.29) is 0 Å². The second-order valence-electron chi connectivity index (χ2n) is 4.86. The Kier molecular flexibility index (Phi) is 3.83. The SMILES string of the molecule is Cc1ccc(N2CCCC(CN)CC2)cc1. The Bertz CT molecular complexity index is 318. The largest absolute Gasteiger partial charge is 0.372 e. The van der Waals surface area contributed by atoms with Gasteiger partial charge in [0, 0.05) is 18.8 Å². The molecule has 16 heavy (non-hydrogen) atoms. The van der Waals surface area contributed by atoms with Gasteiger partial charge in [-0.2, -0.15) is 0 Å².